The third-order valence-corrected chi connectivity index (χ3v) is 5.73. The van der Waals surface area contributed by atoms with Crippen LogP contribution in [-0.2, 0) is 7.05 Å². The van der Waals surface area contributed by atoms with Gasteiger partial charge in [0.25, 0.3) is 5.91 Å². The van der Waals surface area contributed by atoms with E-state index < -0.39 is 0 Å². The Kier molecular flexibility index (Phi) is 3.84. The van der Waals surface area contributed by atoms with E-state index in [0.29, 0.717) is 6.54 Å². The van der Waals surface area contributed by atoms with E-state index in [4.69, 9.17) is 0 Å². The van der Waals surface area contributed by atoms with E-state index in [-0.39, 0.29) is 11.8 Å². The van der Waals surface area contributed by atoms with Crippen molar-refractivity contribution in [1.82, 2.24) is 19.7 Å². The van der Waals surface area contributed by atoms with Gasteiger partial charge in [0.05, 0.1) is 5.56 Å². The van der Waals surface area contributed by atoms with Crippen LogP contribution in [0.4, 0.5) is 0 Å². The van der Waals surface area contributed by atoms with Crippen LogP contribution in [0, 0.1) is 6.92 Å². The van der Waals surface area contributed by atoms with Crippen LogP contribution in [0.25, 0.3) is 10.1 Å². The minimum absolute atomic E-state index is 0.136. The molecule has 1 aliphatic rings. The lowest BCUT2D eigenvalue weighted by Crippen LogP contribution is -2.39. The normalized spacial score (nSPS) is 18.2. The number of benzene rings is 1. The quantitative estimate of drug-likeness (QED) is 0.719. The van der Waals surface area contributed by atoms with E-state index >= 15 is 0 Å². The Morgan fingerprint density at radius 1 is 1.38 bits per heavy atom. The average Bonchev–Trinajstić information content (AvgIpc) is 3.20. The van der Waals surface area contributed by atoms with Crippen molar-refractivity contribution in [2.24, 2.45) is 7.05 Å². The van der Waals surface area contributed by atoms with Crippen molar-refractivity contribution in [3.8, 4) is 0 Å². The second kappa shape index (κ2) is 6.02. The van der Waals surface area contributed by atoms with Crippen molar-refractivity contribution < 1.29 is 4.79 Å². The number of aryl methyl sites for hydroxylation is 2. The summed E-state index contributed by atoms with van der Waals surface area (Å²) in [5.74, 6) is 1.37. The molecule has 24 heavy (non-hydrogen) atoms. The van der Waals surface area contributed by atoms with E-state index in [9.17, 15) is 4.79 Å². The predicted molar refractivity (Wildman–Crippen MR) is 95.4 cm³/mol. The molecule has 2 aromatic heterocycles. The first-order valence-electron chi connectivity index (χ1n) is 8.24. The molecule has 6 heteroatoms. The monoisotopic (exact) mass is 340 g/mol. The lowest BCUT2D eigenvalue weighted by molar-refractivity contribution is 0.0706. The van der Waals surface area contributed by atoms with Crippen molar-refractivity contribution >= 4 is 27.3 Å². The molecule has 1 saturated heterocycles. The number of hydrogen-bond donors (Lipinski definition) is 0. The number of rotatable bonds is 2. The third-order valence-electron chi connectivity index (χ3n) is 4.78. The summed E-state index contributed by atoms with van der Waals surface area (Å²) in [6.07, 6.45) is 3.79. The molecule has 1 amide bonds. The van der Waals surface area contributed by atoms with Gasteiger partial charge in [-0.2, -0.15) is 0 Å². The first-order chi connectivity index (χ1) is 11.6. The molecule has 0 N–H and O–H groups in total. The summed E-state index contributed by atoms with van der Waals surface area (Å²) in [6, 6.07) is 6.29. The molecule has 1 aromatic carbocycles. The summed E-state index contributed by atoms with van der Waals surface area (Å²) in [6.45, 7) is 3.61. The van der Waals surface area contributed by atoms with Gasteiger partial charge in [0.2, 0.25) is 0 Å². The number of fused-ring (bicyclic) bond motifs is 1. The number of carbonyl (C=O) groups is 1. The largest absolute Gasteiger partial charge is 0.338 e. The van der Waals surface area contributed by atoms with Crippen LogP contribution >= 0.6 is 11.3 Å². The fourth-order valence-corrected chi connectivity index (χ4v) is 4.54. The van der Waals surface area contributed by atoms with E-state index in [1.54, 1.807) is 17.7 Å². The smallest absolute Gasteiger partial charge is 0.255 e. The lowest BCUT2D eigenvalue weighted by Gasteiger charge is -2.32. The SMILES string of the molecule is Cc1ccc2c(C(=O)N3CCCC(c4nncn4C)C3)csc2c1. The summed E-state index contributed by atoms with van der Waals surface area (Å²) in [7, 11) is 1.96. The Labute approximate surface area is 144 Å². The van der Waals surface area contributed by atoms with Gasteiger partial charge in [-0.05, 0) is 31.4 Å². The molecule has 4 rings (SSSR count). The van der Waals surface area contributed by atoms with Gasteiger partial charge in [0.15, 0.2) is 0 Å². The number of amides is 1. The van der Waals surface area contributed by atoms with Gasteiger partial charge in [0, 0.05) is 41.5 Å². The highest BCUT2D eigenvalue weighted by Gasteiger charge is 2.29. The Bertz CT molecular complexity index is 897. The first kappa shape index (κ1) is 15.3. The summed E-state index contributed by atoms with van der Waals surface area (Å²) < 4.78 is 3.14. The molecule has 1 atom stereocenters. The second-order valence-corrected chi connectivity index (χ2v) is 7.45. The molecule has 0 spiro atoms. The molecule has 0 bridgehead atoms. The Morgan fingerprint density at radius 3 is 3.04 bits per heavy atom. The number of nitrogens with zero attached hydrogens (tertiary/aromatic N) is 4. The second-order valence-electron chi connectivity index (χ2n) is 6.54. The Balaban J connectivity index is 1.60. The van der Waals surface area contributed by atoms with Crippen molar-refractivity contribution in [2.75, 3.05) is 13.1 Å². The van der Waals surface area contributed by atoms with Gasteiger partial charge in [-0.25, -0.2) is 0 Å². The maximum Gasteiger partial charge on any atom is 0.255 e. The van der Waals surface area contributed by atoms with Crippen LogP contribution in [0.2, 0.25) is 0 Å². The highest BCUT2D eigenvalue weighted by molar-refractivity contribution is 7.17. The van der Waals surface area contributed by atoms with Gasteiger partial charge >= 0.3 is 0 Å². The van der Waals surface area contributed by atoms with Gasteiger partial charge in [-0.15, -0.1) is 21.5 Å². The summed E-state index contributed by atoms with van der Waals surface area (Å²) in [5.41, 5.74) is 2.05. The summed E-state index contributed by atoms with van der Waals surface area (Å²) in [5, 5.41) is 11.3. The zero-order valence-corrected chi connectivity index (χ0v) is 14.7. The average molecular weight is 340 g/mol. The minimum atomic E-state index is 0.136. The lowest BCUT2D eigenvalue weighted by atomic mass is 9.96. The summed E-state index contributed by atoms with van der Waals surface area (Å²) in [4.78, 5) is 15.0. The van der Waals surface area contributed by atoms with Gasteiger partial charge in [0.1, 0.15) is 12.2 Å². The van der Waals surface area contributed by atoms with Crippen LogP contribution in [0.5, 0.6) is 0 Å². The zero-order valence-electron chi connectivity index (χ0n) is 13.9. The first-order valence-corrected chi connectivity index (χ1v) is 9.12. The molecule has 3 aromatic rings. The molecule has 0 radical (unpaired) electrons. The highest BCUT2D eigenvalue weighted by Crippen LogP contribution is 2.31. The van der Waals surface area contributed by atoms with E-state index in [0.717, 1.165) is 36.2 Å². The minimum Gasteiger partial charge on any atom is -0.338 e. The molecule has 5 nitrogen and oxygen atoms in total. The Hall–Kier alpha value is -2.21. The van der Waals surface area contributed by atoms with Gasteiger partial charge < -0.3 is 9.47 Å². The molecular formula is C18H20N4OS. The van der Waals surface area contributed by atoms with Crippen molar-refractivity contribution in [3.05, 3.63) is 46.9 Å². The fourth-order valence-electron chi connectivity index (χ4n) is 3.51. The van der Waals surface area contributed by atoms with E-state index in [2.05, 4.69) is 35.3 Å². The number of hydrogen-bond acceptors (Lipinski definition) is 4. The number of likely N-dealkylation sites (tertiary alicyclic amines) is 1. The molecule has 1 unspecified atom stereocenters. The number of carbonyl (C=O) groups excluding carboxylic acids is 1. The van der Waals surface area contributed by atoms with Crippen LogP contribution < -0.4 is 0 Å². The zero-order chi connectivity index (χ0) is 16.7. The fraction of sp³-hybridized carbons (Fsp3) is 0.389. The molecule has 0 saturated carbocycles. The number of piperidine rings is 1. The molecule has 124 valence electrons. The van der Waals surface area contributed by atoms with Crippen molar-refractivity contribution in [2.45, 2.75) is 25.7 Å². The van der Waals surface area contributed by atoms with Crippen LogP contribution in [0.15, 0.2) is 29.9 Å². The van der Waals surface area contributed by atoms with E-state index in [1.807, 2.05) is 21.9 Å². The maximum absolute atomic E-state index is 13.0. The molecule has 3 heterocycles. The molecule has 0 aliphatic carbocycles. The molecular weight excluding hydrogens is 320 g/mol. The number of aromatic nitrogens is 3. The Morgan fingerprint density at radius 2 is 2.25 bits per heavy atom. The molecule has 1 fully saturated rings. The number of thiophene rings is 1. The maximum atomic E-state index is 13.0. The van der Waals surface area contributed by atoms with Crippen LogP contribution in [-0.4, -0.2) is 38.7 Å². The summed E-state index contributed by atoms with van der Waals surface area (Å²) >= 11 is 1.65. The van der Waals surface area contributed by atoms with Crippen LogP contribution in [0.1, 0.15) is 40.5 Å². The van der Waals surface area contributed by atoms with Gasteiger partial charge in [-0.1, -0.05) is 12.1 Å². The van der Waals surface area contributed by atoms with E-state index in [1.165, 1.54) is 10.3 Å². The molecule has 1 aliphatic heterocycles. The predicted octanol–water partition coefficient (Wildman–Crippen LogP) is 3.36. The van der Waals surface area contributed by atoms with Crippen molar-refractivity contribution in [3.63, 3.8) is 0 Å². The highest BCUT2D eigenvalue weighted by atomic mass is 32.1. The third kappa shape index (κ3) is 2.60. The van der Waals surface area contributed by atoms with Crippen molar-refractivity contribution in [1.29, 1.82) is 0 Å². The standard InChI is InChI=1S/C18H20N4OS/c1-12-5-6-14-15(10-24-16(14)8-12)18(23)22-7-3-4-13(9-22)17-20-19-11-21(17)2/h5-6,8,10-11,13H,3-4,7,9H2,1-2H3. The van der Waals surface area contributed by atoms with Gasteiger partial charge in [-0.3, -0.25) is 4.79 Å². The topological polar surface area (TPSA) is 51.0 Å². The van der Waals surface area contributed by atoms with Crippen LogP contribution in [0.3, 0.4) is 0 Å².